The molecule has 0 radical (unpaired) electrons. The minimum absolute atomic E-state index is 0.108. The number of benzene rings is 1. The van der Waals surface area contributed by atoms with E-state index in [1.165, 1.54) is 0 Å². The number of aliphatic hydroxyl groups excluding tert-OH is 1. The number of carbonyl (C=O) groups is 1. The van der Waals surface area contributed by atoms with Gasteiger partial charge in [-0.2, -0.15) is 0 Å². The van der Waals surface area contributed by atoms with Crippen LogP contribution in [0.15, 0.2) is 24.3 Å². The standard InChI is InChI=1S/C13H17NO3/c15-8-7-10-1-4-12(5-2-10)17-9-11-3-6-13(16)14-11/h1-2,4-5,11,15H,3,6-9H2,(H,14,16). The molecule has 1 heterocycles. The molecule has 4 heteroatoms. The number of nitrogens with one attached hydrogen (secondary N) is 1. The van der Waals surface area contributed by atoms with Crippen LogP contribution in [0.4, 0.5) is 0 Å². The summed E-state index contributed by atoms with van der Waals surface area (Å²) >= 11 is 0. The molecule has 92 valence electrons. The molecule has 1 aliphatic heterocycles. The van der Waals surface area contributed by atoms with Gasteiger partial charge in [0.1, 0.15) is 12.4 Å². The highest BCUT2D eigenvalue weighted by Crippen LogP contribution is 2.14. The van der Waals surface area contributed by atoms with Gasteiger partial charge in [0.15, 0.2) is 0 Å². The number of aliphatic hydroxyl groups is 1. The highest BCUT2D eigenvalue weighted by molar-refractivity contribution is 5.78. The van der Waals surface area contributed by atoms with Crippen LogP contribution in [0.5, 0.6) is 5.75 Å². The van der Waals surface area contributed by atoms with Gasteiger partial charge in [0.2, 0.25) is 5.91 Å². The van der Waals surface area contributed by atoms with Crippen molar-refractivity contribution in [1.29, 1.82) is 0 Å². The van der Waals surface area contributed by atoms with Gasteiger partial charge in [-0.05, 0) is 30.5 Å². The number of hydrogen-bond acceptors (Lipinski definition) is 3. The lowest BCUT2D eigenvalue weighted by Gasteiger charge is -2.12. The molecule has 0 bridgehead atoms. The van der Waals surface area contributed by atoms with Crippen molar-refractivity contribution < 1.29 is 14.6 Å². The quantitative estimate of drug-likeness (QED) is 0.796. The van der Waals surface area contributed by atoms with E-state index in [9.17, 15) is 4.79 Å². The third-order valence-electron chi connectivity index (χ3n) is 2.86. The normalized spacial score (nSPS) is 19.1. The van der Waals surface area contributed by atoms with Crippen molar-refractivity contribution in [3.8, 4) is 5.75 Å². The van der Waals surface area contributed by atoms with Crippen molar-refractivity contribution >= 4 is 5.91 Å². The Kier molecular flexibility index (Phi) is 3.98. The Balaban J connectivity index is 1.80. The first-order valence-corrected chi connectivity index (χ1v) is 5.90. The zero-order valence-corrected chi connectivity index (χ0v) is 9.69. The Morgan fingerprint density at radius 1 is 1.35 bits per heavy atom. The van der Waals surface area contributed by atoms with Gasteiger partial charge in [-0.15, -0.1) is 0 Å². The molecule has 1 saturated heterocycles. The van der Waals surface area contributed by atoms with Crippen molar-refractivity contribution in [1.82, 2.24) is 5.32 Å². The number of ether oxygens (including phenoxy) is 1. The summed E-state index contributed by atoms with van der Waals surface area (Å²) in [7, 11) is 0. The fourth-order valence-electron chi connectivity index (χ4n) is 1.88. The molecule has 1 fully saturated rings. The summed E-state index contributed by atoms with van der Waals surface area (Å²) in [5, 5.41) is 11.6. The van der Waals surface area contributed by atoms with Crippen LogP contribution >= 0.6 is 0 Å². The molecule has 17 heavy (non-hydrogen) atoms. The molecule has 1 amide bonds. The third kappa shape index (κ3) is 3.46. The molecular weight excluding hydrogens is 218 g/mol. The summed E-state index contributed by atoms with van der Waals surface area (Å²) in [4.78, 5) is 11.0. The molecule has 4 nitrogen and oxygen atoms in total. The van der Waals surface area contributed by atoms with Crippen LogP contribution in [-0.2, 0) is 11.2 Å². The molecular formula is C13H17NO3. The molecule has 1 aromatic carbocycles. The van der Waals surface area contributed by atoms with Gasteiger partial charge >= 0.3 is 0 Å². The van der Waals surface area contributed by atoms with Gasteiger partial charge < -0.3 is 15.2 Å². The van der Waals surface area contributed by atoms with Crippen molar-refractivity contribution in [2.45, 2.75) is 25.3 Å². The van der Waals surface area contributed by atoms with Gasteiger partial charge in [-0.25, -0.2) is 0 Å². The summed E-state index contributed by atoms with van der Waals surface area (Å²) < 4.78 is 5.59. The Morgan fingerprint density at radius 2 is 2.12 bits per heavy atom. The van der Waals surface area contributed by atoms with Gasteiger partial charge in [-0.3, -0.25) is 4.79 Å². The Hall–Kier alpha value is -1.55. The minimum atomic E-state index is 0.108. The predicted molar refractivity (Wildman–Crippen MR) is 63.9 cm³/mol. The first-order chi connectivity index (χ1) is 8.28. The van der Waals surface area contributed by atoms with E-state index in [2.05, 4.69) is 5.32 Å². The molecule has 2 rings (SSSR count). The van der Waals surface area contributed by atoms with Gasteiger partial charge in [0.05, 0.1) is 6.04 Å². The van der Waals surface area contributed by atoms with E-state index in [1.54, 1.807) is 0 Å². The average Bonchev–Trinajstić information content (AvgIpc) is 2.75. The summed E-state index contributed by atoms with van der Waals surface area (Å²) in [5.74, 6) is 0.907. The molecule has 1 atom stereocenters. The Morgan fingerprint density at radius 3 is 2.71 bits per heavy atom. The van der Waals surface area contributed by atoms with Crippen molar-refractivity contribution in [2.24, 2.45) is 0 Å². The lowest BCUT2D eigenvalue weighted by atomic mass is 10.1. The SMILES string of the molecule is O=C1CCC(COc2ccc(CCO)cc2)N1. The molecule has 1 unspecified atom stereocenters. The fourth-order valence-corrected chi connectivity index (χ4v) is 1.88. The maximum Gasteiger partial charge on any atom is 0.220 e. The monoisotopic (exact) mass is 235 g/mol. The van der Waals surface area contributed by atoms with Crippen LogP contribution in [0, 0.1) is 0 Å². The van der Waals surface area contributed by atoms with Crippen molar-refractivity contribution in [2.75, 3.05) is 13.2 Å². The van der Waals surface area contributed by atoms with E-state index >= 15 is 0 Å². The predicted octanol–water partition coefficient (Wildman–Crippen LogP) is 0.879. The molecule has 0 spiro atoms. The van der Waals surface area contributed by atoms with E-state index in [0.717, 1.165) is 17.7 Å². The molecule has 1 aromatic rings. The van der Waals surface area contributed by atoms with E-state index in [4.69, 9.17) is 9.84 Å². The van der Waals surface area contributed by atoms with Crippen LogP contribution in [0.2, 0.25) is 0 Å². The highest BCUT2D eigenvalue weighted by Gasteiger charge is 2.20. The zero-order valence-electron chi connectivity index (χ0n) is 9.69. The van der Waals surface area contributed by atoms with Crippen LogP contribution < -0.4 is 10.1 Å². The highest BCUT2D eigenvalue weighted by atomic mass is 16.5. The van der Waals surface area contributed by atoms with E-state index in [0.29, 0.717) is 19.4 Å². The summed E-state index contributed by atoms with van der Waals surface area (Å²) in [5.41, 5.74) is 1.09. The van der Waals surface area contributed by atoms with Crippen LogP contribution in [0.25, 0.3) is 0 Å². The summed E-state index contributed by atoms with van der Waals surface area (Å²) in [6.45, 7) is 0.680. The lowest BCUT2D eigenvalue weighted by Crippen LogP contribution is -2.30. The van der Waals surface area contributed by atoms with Crippen LogP contribution in [0.1, 0.15) is 18.4 Å². The Labute approximate surface area is 101 Å². The fraction of sp³-hybridized carbons (Fsp3) is 0.462. The molecule has 0 aliphatic carbocycles. The van der Waals surface area contributed by atoms with Gasteiger partial charge in [0.25, 0.3) is 0 Å². The molecule has 0 saturated carbocycles. The number of hydrogen-bond donors (Lipinski definition) is 2. The molecule has 2 N–H and O–H groups in total. The zero-order chi connectivity index (χ0) is 12.1. The number of rotatable bonds is 5. The van der Waals surface area contributed by atoms with Crippen LogP contribution in [-0.4, -0.2) is 30.3 Å². The van der Waals surface area contributed by atoms with E-state index in [-0.39, 0.29) is 18.6 Å². The number of amides is 1. The smallest absolute Gasteiger partial charge is 0.220 e. The largest absolute Gasteiger partial charge is 0.491 e. The van der Waals surface area contributed by atoms with Gasteiger partial charge in [-0.1, -0.05) is 12.1 Å². The topological polar surface area (TPSA) is 58.6 Å². The second-order valence-corrected chi connectivity index (χ2v) is 4.23. The third-order valence-corrected chi connectivity index (χ3v) is 2.86. The Bertz CT molecular complexity index is 375. The number of carbonyl (C=O) groups excluding carboxylic acids is 1. The van der Waals surface area contributed by atoms with E-state index < -0.39 is 0 Å². The van der Waals surface area contributed by atoms with Crippen LogP contribution in [0.3, 0.4) is 0 Å². The van der Waals surface area contributed by atoms with Crippen molar-refractivity contribution in [3.05, 3.63) is 29.8 Å². The average molecular weight is 235 g/mol. The first-order valence-electron chi connectivity index (χ1n) is 5.90. The van der Waals surface area contributed by atoms with Crippen molar-refractivity contribution in [3.63, 3.8) is 0 Å². The van der Waals surface area contributed by atoms with E-state index in [1.807, 2.05) is 24.3 Å². The summed E-state index contributed by atoms with van der Waals surface area (Å²) in [6.07, 6.45) is 2.11. The summed E-state index contributed by atoms with van der Waals surface area (Å²) in [6, 6.07) is 7.81. The second-order valence-electron chi connectivity index (χ2n) is 4.23. The first kappa shape index (κ1) is 11.9. The second kappa shape index (κ2) is 5.68. The molecule has 0 aromatic heterocycles. The lowest BCUT2D eigenvalue weighted by molar-refractivity contribution is -0.119. The molecule has 1 aliphatic rings. The minimum Gasteiger partial charge on any atom is -0.491 e. The van der Waals surface area contributed by atoms with Gasteiger partial charge in [0, 0.05) is 13.0 Å². The maximum atomic E-state index is 11.0. The maximum absolute atomic E-state index is 11.0.